The standard InChI is InChI=1S/C18H20N4O2/c1-13-3-4-16-20-17(18(23)24)15(22(16)11-13)12-21(2)10-7-14-5-8-19-9-6-14/h3-6,8-9,11H,7,10,12H2,1-2H3,(H,23,24). The molecule has 6 heteroatoms. The normalized spacial score (nSPS) is 11.3. The van der Waals surface area contributed by atoms with Crippen LogP contribution in [0.4, 0.5) is 0 Å². The molecule has 6 nitrogen and oxygen atoms in total. The molecule has 0 fully saturated rings. The van der Waals surface area contributed by atoms with Gasteiger partial charge in [0.1, 0.15) is 5.65 Å². The van der Waals surface area contributed by atoms with E-state index in [2.05, 4.69) is 14.9 Å². The Labute approximate surface area is 140 Å². The van der Waals surface area contributed by atoms with E-state index in [9.17, 15) is 9.90 Å². The molecular formula is C18H20N4O2. The zero-order valence-corrected chi connectivity index (χ0v) is 13.8. The number of imidazole rings is 1. The van der Waals surface area contributed by atoms with Gasteiger partial charge < -0.3 is 14.4 Å². The van der Waals surface area contributed by atoms with Crippen LogP contribution in [0.25, 0.3) is 5.65 Å². The van der Waals surface area contributed by atoms with Crippen LogP contribution in [0.15, 0.2) is 42.9 Å². The third-order valence-electron chi connectivity index (χ3n) is 4.02. The number of likely N-dealkylation sites (N-methyl/N-ethyl adjacent to an activating group) is 1. The average Bonchev–Trinajstić information content (AvgIpc) is 2.92. The van der Waals surface area contributed by atoms with Crippen LogP contribution < -0.4 is 0 Å². The molecule has 124 valence electrons. The molecule has 1 N–H and O–H groups in total. The maximum absolute atomic E-state index is 11.5. The Kier molecular flexibility index (Phi) is 4.57. The number of fused-ring (bicyclic) bond motifs is 1. The van der Waals surface area contributed by atoms with E-state index in [1.165, 1.54) is 5.56 Å². The number of hydrogen-bond acceptors (Lipinski definition) is 4. The third kappa shape index (κ3) is 3.44. The highest BCUT2D eigenvalue weighted by Gasteiger charge is 2.19. The first-order valence-corrected chi connectivity index (χ1v) is 7.83. The second kappa shape index (κ2) is 6.80. The second-order valence-electron chi connectivity index (χ2n) is 5.99. The number of nitrogens with zero attached hydrogens (tertiary/aromatic N) is 4. The van der Waals surface area contributed by atoms with Gasteiger partial charge in [-0.15, -0.1) is 0 Å². The predicted octanol–water partition coefficient (Wildman–Crippen LogP) is 2.41. The zero-order chi connectivity index (χ0) is 17.1. The van der Waals surface area contributed by atoms with Crippen LogP contribution in [0.5, 0.6) is 0 Å². The van der Waals surface area contributed by atoms with Crippen LogP contribution in [0.1, 0.15) is 27.3 Å². The van der Waals surface area contributed by atoms with Gasteiger partial charge in [0, 0.05) is 31.7 Å². The van der Waals surface area contributed by atoms with E-state index in [0.717, 1.165) is 18.5 Å². The molecule has 3 heterocycles. The highest BCUT2D eigenvalue weighted by molar-refractivity contribution is 5.88. The van der Waals surface area contributed by atoms with Gasteiger partial charge in [-0.3, -0.25) is 4.98 Å². The minimum absolute atomic E-state index is 0.122. The first-order chi connectivity index (χ1) is 11.5. The Hall–Kier alpha value is -2.73. The summed E-state index contributed by atoms with van der Waals surface area (Å²) >= 11 is 0. The molecule has 0 aliphatic rings. The molecule has 0 bridgehead atoms. The summed E-state index contributed by atoms with van der Waals surface area (Å²) in [4.78, 5) is 21.9. The molecule has 0 aliphatic carbocycles. The van der Waals surface area contributed by atoms with E-state index >= 15 is 0 Å². The molecular weight excluding hydrogens is 304 g/mol. The van der Waals surface area contributed by atoms with Crippen molar-refractivity contribution in [2.75, 3.05) is 13.6 Å². The molecule has 0 spiro atoms. The molecule has 3 rings (SSSR count). The number of rotatable bonds is 6. The van der Waals surface area contributed by atoms with Crippen molar-refractivity contribution in [2.45, 2.75) is 19.9 Å². The Morgan fingerprint density at radius 3 is 2.71 bits per heavy atom. The molecule has 0 amide bonds. The fraction of sp³-hybridized carbons (Fsp3) is 0.278. The van der Waals surface area contributed by atoms with Crippen LogP contribution in [0, 0.1) is 6.92 Å². The highest BCUT2D eigenvalue weighted by atomic mass is 16.4. The number of carboxylic acids is 1. The first kappa shape index (κ1) is 16.1. The van der Waals surface area contributed by atoms with E-state index in [1.807, 2.05) is 48.8 Å². The highest BCUT2D eigenvalue weighted by Crippen LogP contribution is 2.16. The summed E-state index contributed by atoms with van der Waals surface area (Å²) in [6.45, 7) is 3.33. The van der Waals surface area contributed by atoms with Gasteiger partial charge in [0.15, 0.2) is 5.69 Å². The van der Waals surface area contributed by atoms with Crippen molar-refractivity contribution < 1.29 is 9.90 Å². The molecule has 0 radical (unpaired) electrons. The molecule has 0 aliphatic heterocycles. The third-order valence-corrected chi connectivity index (χ3v) is 4.02. The average molecular weight is 324 g/mol. The quantitative estimate of drug-likeness (QED) is 0.754. The number of aryl methyl sites for hydroxylation is 1. The molecule has 0 saturated heterocycles. The van der Waals surface area contributed by atoms with E-state index in [-0.39, 0.29) is 5.69 Å². The van der Waals surface area contributed by atoms with Crippen LogP contribution >= 0.6 is 0 Å². The molecule has 24 heavy (non-hydrogen) atoms. The lowest BCUT2D eigenvalue weighted by atomic mass is 10.2. The summed E-state index contributed by atoms with van der Waals surface area (Å²) in [6, 6.07) is 7.77. The summed E-state index contributed by atoms with van der Waals surface area (Å²) in [7, 11) is 1.99. The van der Waals surface area contributed by atoms with Gasteiger partial charge in [-0.2, -0.15) is 0 Å². The van der Waals surface area contributed by atoms with Crippen molar-refractivity contribution in [2.24, 2.45) is 0 Å². The van der Waals surface area contributed by atoms with Gasteiger partial charge in [0.25, 0.3) is 0 Å². The summed E-state index contributed by atoms with van der Waals surface area (Å²) in [5.74, 6) is -0.992. The minimum Gasteiger partial charge on any atom is -0.476 e. The number of carbonyl (C=O) groups is 1. The largest absolute Gasteiger partial charge is 0.476 e. The maximum atomic E-state index is 11.5. The number of hydrogen-bond donors (Lipinski definition) is 1. The zero-order valence-electron chi connectivity index (χ0n) is 13.8. The molecule has 3 aromatic rings. The van der Waals surface area contributed by atoms with Crippen molar-refractivity contribution in [3.05, 3.63) is 65.4 Å². The number of aromatic carboxylic acids is 1. The molecule has 0 saturated carbocycles. The van der Waals surface area contributed by atoms with Crippen LogP contribution in [-0.2, 0) is 13.0 Å². The van der Waals surface area contributed by atoms with Crippen LogP contribution in [0.3, 0.4) is 0 Å². The second-order valence-corrected chi connectivity index (χ2v) is 5.99. The van der Waals surface area contributed by atoms with E-state index in [1.54, 1.807) is 12.4 Å². The smallest absolute Gasteiger partial charge is 0.356 e. The molecule has 0 aromatic carbocycles. The van der Waals surface area contributed by atoms with Crippen molar-refractivity contribution >= 4 is 11.6 Å². The van der Waals surface area contributed by atoms with Crippen LogP contribution in [-0.4, -0.2) is 43.9 Å². The monoisotopic (exact) mass is 324 g/mol. The van der Waals surface area contributed by atoms with Crippen LogP contribution in [0.2, 0.25) is 0 Å². The first-order valence-electron chi connectivity index (χ1n) is 7.83. The SMILES string of the molecule is Cc1ccc2nc(C(=O)O)c(CN(C)CCc3ccncc3)n2c1. The fourth-order valence-electron chi connectivity index (χ4n) is 2.73. The molecule has 0 unspecified atom stereocenters. The maximum Gasteiger partial charge on any atom is 0.356 e. The fourth-order valence-corrected chi connectivity index (χ4v) is 2.73. The van der Waals surface area contributed by atoms with E-state index < -0.39 is 5.97 Å². The summed E-state index contributed by atoms with van der Waals surface area (Å²) in [5.41, 5.74) is 3.77. The van der Waals surface area contributed by atoms with Gasteiger partial charge >= 0.3 is 5.97 Å². The van der Waals surface area contributed by atoms with E-state index in [4.69, 9.17) is 0 Å². The Balaban J connectivity index is 1.81. The molecule has 0 atom stereocenters. The molecule has 3 aromatic heterocycles. The van der Waals surface area contributed by atoms with Gasteiger partial charge in [0.2, 0.25) is 0 Å². The number of aromatic nitrogens is 3. The Morgan fingerprint density at radius 1 is 1.25 bits per heavy atom. The Morgan fingerprint density at radius 2 is 2.00 bits per heavy atom. The van der Waals surface area contributed by atoms with E-state index in [0.29, 0.717) is 17.9 Å². The van der Waals surface area contributed by atoms with Gasteiger partial charge in [-0.1, -0.05) is 6.07 Å². The van der Waals surface area contributed by atoms with Crippen molar-refractivity contribution in [3.63, 3.8) is 0 Å². The number of pyridine rings is 2. The van der Waals surface area contributed by atoms with Gasteiger partial charge in [-0.25, -0.2) is 9.78 Å². The van der Waals surface area contributed by atoms with Gasteiger partial charge in [-0.05, 0) is 49.7 Å². The lowest BCUT2D eigenvalue weighted by molar-refractivity contribution is 0.0689. The summed E-state index contributed by atoms with van der Waals surface area (Å²) in [6.07, 6.45) is 6.38. The topological polar surface area (TPSA) is 70.7 Å². The summed E-state index contributed by atoms with van der Waals surface area (Å²) < 4.78 is 1.88. The van der Waals surface area contributed by atoms with Crippen molar-refractivity contribution in [1.82, 2.24) is 19.3 Å². The number of carboxylic acid groups (broad SMARTS) is 1. The summed E-state index contributed by atoms with van der Waals surface area (Å²) in [5, 5.41) is 9.46. The van der Waals surface area contributed by atoms with Crippen molar-refractivity contribution in [1.29, 1.82) is 0 Å². The lowest BCUT2D eigenvalue weighted by Crippen LogP contribution is -2.23. The minimum atomic E-state index is -0.992. The predicted molar refractivity (Wildman–Crippen MR) is 91.2 cm³/mol. The van der Waals surface area contributed by atoms with Gasteiger partial charge in [0.05, 0.1) is 5.69 Å². The Bertz CT molecular complexity index is 858. The lowest BCUT2D eigenvalue weighted by Gasteiger charge is -2.17. The van der Waals surface area contributed by atoms with Crippen molar-refractivity contribution in [3.8, 4) is 0 Å².